The molecule has 0 unspecified atom stereocenters. The van der Waals surface area contributed by atoms with Crippen LogP contribution in [0, 0.1) is 0 Å². The van der Waals surface area contributed by atoms with E-state index in [1.165, 1.54) is 4.91 Å². The Balaban J connectivity index is 0.000000322. The van der Waals surface area contributed by atoms with E-state index in [0.717, 1.165) is 0 Å². The Bertz CT molecular complexity index is 545. The molecule has 0 aliphatic heterocycles. The fourth-order valence-electron chi connectivity index (χ4n) is 1.16. The topological polar surface area (TPSA) is 133 Å². The van der Waals surface area contributed by atoms with Crippen molar-refractivity contribution in [2.75, 3.05) is 0 Å². The van der Waals surface area contributed by atoms with Crippen LogP contribution in [0.5, 0.6) is 0 Å². The van der Waals surface area contributed by atoms with Gasteiger partial charge in [-0.3, -0.25) is 4.91 Å². The van der Waals surface area contributed by atoms with Crippen LogP contribution in [0.4, 0.5) is 0 Å². The lowest BCUT2D eigenvalue weighted by molar-refractivity contribution is 0.0686. The molecule has 0 spiro atoms. The maximum atomic E-state index is 10.2. The van der Waals surface area contributed by atoms with Gasteiger partial charge in [-0.2, -0.15) is 0 Å². The highest BCUT2D eigenvalue weighted by Crippen LogP contribution is 1.96. The summed E-state index contributed by atoms with van der Waals surface area (Å²) in [6.07, 6.45) is 0. The second-order valence-electron chi connectivity index (χ2n) is 3.43. The third-order valence-corrected chi connectivity index (χ3v) is 2.04. The van der Waals surface area contributed by atoms with Gasteiger partial charge in [-0.15, -0.1) is 0 Å². The van der Waals surface area contributed by atoms with Crippen molar-refractivity contribution in [3.63, 3.8) is 0 Å². The van der Waals surface area contributed by atoms with Crippen molar-refractivity contribution in [1.29, 1.82) is 0 Å². The van der Waals surface area contributed by atoms with Gasteiger partial charge in [-0.1, -0.05) is 36.4 Å². The van der Waals surface area contributed by atoms with Crippen LogP contribution < -0.4 is 0 Å². The predicted molar refractivity (Wildman–Crippen MR) is 76.9 cm³/mol. The van der Waals surface area contributed by atoms with Gasteiger partial charge in [-0.05, 0) is 24.3 Å². The Morgan fingerprint density at radius 2 is 0.952 bits per heavy atom. The van der Waals surface area contributed by atoms with Crippen molar-refractivity contribution in [3.05, 3.63) is 87.8 Å². The molecule has 2 aromatic carbocycles. The molecule has 0 aliphatic rings. The molecule has 0 saturated carbocycles. The second-order valence-corrected chi connectivity index (χ2v) is 3.43. The van der Waals surface area contributed by atoms with Gasteiger partial charge in [0.2, 0.25) is 0 Å². The number of benzene rings is 2. The van der Waals surface area contributed by atoms with Crippen molar-refractivity contribution in [1.82, 2.24) is 0 Å². The zero-order valence-corrected chi connectivity index (χ0v) is 10.8. The average Bonchev–Trinajstić information content (AvgIpc) is 2.50. The molecular weight excluding hydrogens is 274 g/mol. The Morgan fingerprint density at radius 3 is 1.10 bits per heavy atom. The molecule has 0 bridgehead atoms. The maximum absolute atomic E-state index is 10.2. The van der Waals surface area contributed by atoms with Crippen LogP contribution in [0.25, 0.3) is 16.0 Å². The number of carboxylic acid groups (broad SMARTS) is 2. The Labute approximate surface area is 120 Å². The monoisotopic (exact) mass is 286 g/mol. The minimum absolute atomic E-state index is 0.331. The van der Waals surface area contributed by atoms with Crippen LogP contribution in [0.1, 0.15) is 20.7 Å². The highest BCUT2D eigenvalue weighted by Gasteiger charge is 1.97. The summed E-state index contributed by atoms with van der Waals surface area (Å²) in [5.41, 5.74) is 14.2. The Hall–Kier alpha value is -3.31. The number of nitrogens with zero attached hydrogens (tertiary/aromatic N) is 3. The summed E-state index contributed by atoms with van der Waals surface area (Å²) in [4.78, 5) is 21.9. The van der Waals surface area contributed by atoms with E-state index < -0.39 is 11.9 Å². The van der Waals surface area contributed by atoms with E-state index >= 15 is 0 Å². The molecule has 108 valence electrons. The van der Waals surface area contributed by atoms with Crippen molar-refractivity contribution in [2.24, 2.45) is 0 Å². The lowest BCUT2D eigenvalue weighted by atomic mass is 10.2. The summed E-state index contributed by atoms with van der Waals surface area (Å²) in [5, 5.41) is 16.8. The van der Waals surface area contributed by atoms with Gasteiger partial charge in [-0.25, -0.2) is 9.59 Å². The van der Waals surface area contributed by atoms with Crippen molar-refractivity contribution >= 4 is 11.9 Å². The van der Waals surface area contributed by atoms with Gasteiger partial charge in [0.15, 0.2) is 0 Å². The number of carbonyl (C=O) groups is 2. The average molecular weight is 286 g/mol. The lowest BCUT2D eigenvalue weighted by Gasteiger charge is -1.88. The molecular formula is C14H12N3O4-. The molecule has 0 amide bonds. The van der Waals surface area contributed by atoms with Crippen LogP contribution in [0.2, 0.25) is 0 Å². The zero-order valence-electron chi connectivity index (χ0n) is 10.8. The fourth-order valence-corrected chi connectivity index (χ4v) is 1.16. The summed E-state index contributed by atoms with van der Waals surface area (Å²) >= 11 is 0. The molecule has 2 rings (SSSR count). The minimum atomic E-state index is -0.879. The standard InChI is InChI=1S/2C7H6O2.N3/c2*8-7(9)6-4-2-1-3-5-6;1-3-2/h2*1-5H,(H,8,9);/q;;-1. The number of hydrogen-bond acceptors (Lipinski definition) is 2. The van der Waals surface area contributed by atoms with E-state index in [-0.39, 0.29) is 0 Å². The molecule has 0 atom stereocenters. The number of aromatic carboxylic acids is 2. The van der Waals surface area contributed by atoms with E-state index in [4.69, 9.17) is 21.3 Å². The Kier molecular flexibility index (Phi) is 8.93. The van der Waals surface area contributed by atoms with Gasteiger partial charge in [0.05, 0.1) is 11.1 Å². The quantitative estimate of drug-likeness (QED) is 0.495. The summed E-state index contributed by atoms with van der Waals surface area (Å²) in [7, 11) is 0. The fraction of sp³-hybridized carbons (Fsp3) is 0. The van der Waals surface area contributed by atoms with Crippen molar-refractivity contribution < 1.29 is 19.8 Å². The largest absolute Gasteiger partial charge is 0.478 e. The van der Waals surface area contributed by atoms with Gasteiger partial charge in [0.1, 0.15) is 0 Å². The first-order valence-corrected chi connectivity index (χ1v) is 5.58. The summed E-state index contributed by atoms with van der Waals surface area (Å²) in [6.45, 7) is 0. The van der Waals surface area contributed by atoms with Crippen LogP contribution in [-0.4, -0.2) is 22.2 Å². The molecule has 21 heavy (non-hydrogen) atoms. The lowest BCUT2D eigenvalue weighted by Crippen LogP contribution is -1.93. The highest BCUT2D eigenvalue weighted by atomic mass is 16.4. The third kappa shape index (κ3) is 8.41. The van der Waals surface area contributed by atoms with Gasteiger partial charge in [0, 0.05) is 0 Å². The molecule has 0 radical (unpaired) electrons. The molecule has 0 fully saturated rings. The van der Waals surface area contributed by atoms with Gasteiger partial charge in [0.25, 0.3) is 0 Å². The summed E-state index contributed by atoms with van der Waals surface area (Å²) in [6, 6.07) is 16.6. The molecule has 0 aliphatic carbocycles. The third-order valence-electron chi connectivity index (χ3n) is 2.04. The molecule has 7 heteroatoms. The number of hydrogen-bond donors (Lipinski definition) is 2. The van der Waals surface area contributed by atoms with Crippen molar-refractivity contribution in [3.8, 4) is 0 Å². The first kappa shape index (κ1) is 17.7. The molecule has 0 aromatic heterocycles. The highest BCUT2D eigenvalue weighted by molar-refractivity contribution is 5.87. The van der Waals surface area contributed by atoms with Gasteiger partial charge >= 0.3 is 11.9 Å². The molecule has 2 aromatic rings. The number of carboxylic acids is 2. The van der Waals surface area contributed by atoms with Crippen LogP contribution >= 0.6 is 0 Å². The van der Waals surface area contributed by atoms with Crippen molar-refractivity contribution in [2.45, 2.75) is 0 Å². The van der Waals surface area contributed by atoms with E-state index in [1.807, 2.05) is 0 Å². The van der Waals surface area contributed by atoms with Crippen LogP contribution in [0.3, 0.4) is 0 Å². The van der Waals surface area contributed by atoms with E-state index in [9.17, 15) is 9.59 Å². The predicted octanol–water partition coefficient (Wildman–Crippen LogP) is 3.64. The number of rotatable bonds is 2. The van der Waals surface area contributed by atoms with E-state index in [1.54, 1.807) is 60.7 Å². The first-order chi connectivity index (χ1) is 10.0. The minimum Gasteiger partial charge on any atom is -0.478 e. The smallest absolute Gasteiger partial charge is 0.335 e. The summed E-state index contributed by atoms with van der Waals surface area (Å²) in [5.74, 6) is -1.76. The molecule has 0 saturated heterocycles. The van der Waals surface area contributed by atoms with Crippen LogP contribution in [-0.2, 0) is 0 Å². The van der Waals surface area contributed by atoms with E-state index in [2.05, 4.69) is 0 Å². The molecule has 2 N–H and O–H groups in total. The zero-order chi connectivity index (χ0) is 16.1. The first-order valence-electron chi connectivity index (χ1n) is 5.58. The molecule has 0 heterocycles. The Morgan fingerprint density at radius 1 is 0.714 bits per heavy atom. The second kappa shape index (κ2) is 10.6. The molecule has 7 nitrogen and oxygen atoms in total. The normalized spacial score (nSPS) is 8.00. The van der Waals surface area contributed by atoms with Gasteiger partial charge < -0.3 is 21.3 Å². The summed E-state index contributed by atoms with van der Waals surface area (Å²) < 4.78 is 0. The van der Waals surface area contributed by atoms with Crippen LogP contribution in [0.15, 0.2) is 60.7 Å². The van der Waals surface area contributed by atoms with E-state index in [0.29, 0.717) is 11.1 Å². The maximum Gasteiger partial charge on any atom is 0.335 e. The SMILES string of the molecule is O=C(O)c1ccccc1.O=C(O)c1ccccc1.[N-]=[N+]=[N-].